The Morgan fingerprint density at radius 3 is 2.94 bits per heavy atom. The third kappa shape index (κ3) is 3.76. The lowest BCUT2D eigenvalue weighted by Gasteiger charge is -2.33. The first-order valence-corrected chi connectivity index (χ1v) is 6.59. The maximum absolute atomic E-state index is 5.49. The molecule has 102 valence electrons. The molecule has 2 rings (SSSR count). The molecular weight excluding hydrogens is 230 g/mol. The molecule has 1 aliphatic rings. The Hall–Kier alpha value is -0.980. The van der Waals surface area contributed by atoms with Gasteiger partial charge in [0.05, 0.1) is 12.2 Å². The Bertz CT molecular complexity index is 359. The van der Waals surface area contributed by atoms with Gasteiger partial charge >= 0.3 is 0 Å². The van der Waals surface area contributed by atoms with Crippen LogP contribution in [0.5, 0.6) is 0 Å². The van der Waals surface area contributed by atoms with Crippen molar-refractivity contribution in [2.24, 2.45) is 11.1 Å². The fourth-order valence-electron chi connectivity index (χ4n) is 2.17. The van der Waals surface area contributed by atoms with Crippen molar-refractivity contribution in [3.8, 4) is 0 Å². The number of hydrogen-bond donors (Lipinski definition) is 2. The SMILES string of the molecule is CC1(CNCCn2cc(CN)nn2)CCOCC1. The second kappa shape index (κ2) is 6.26. The zero-order valence-corrected chi connectivity index (χ0v) is 11.1. The van der Waals surface area contributed by atoms with Gasteiger partial charge in [0.25, 0.3) is 0 Å². The summed E-state index contributed by atoms with van der Waals surface area (Å²) in [6.45, 7) is 7.33. The third-order valence-electron chi connectivity index (χ3n) is 3.56. The summed E-state index contributed by atoms with van der Waals surface area (Å²) in [5.74, 6) is 0. The zero-order chi connectivity index (χ0) is 12.8. The number of nitrogens with zero attached hydrogens (tertiary/aromatic N) is 3. The van der Waals surface area contributed by atoms with Gasteiger partial charge in [0.15, 0.2) is 0 Å². The van der Waals surface area contributed by atoms with Crippen molar-refractivity contribution in [1.29, 1.82) is 0 Å². The Morgan fingerprint density at radius 2 is 2.28 bits per heavy atom. The largest absolute Gasteiger partial charge is 0.381 e. The van der Waals surface area contributed by atoms with Crippen LogP contribution in [0.25, 0.3) is 0 Å². The minimum atomic E-state index is 0.378. The van der Waals surface area contributed by atoms with Crippen LogP contribution in [0.3, 0.4) is 0 Å². The molecule has 2 heterocycles. The van der Waals surface area contributed by atoms with Crippen LogP contribution in [0, 0.1) is 5.41 Å². The Kier molecular flexibility index (Phi) is 4.68. The zero-order valence-electron chi connectivity index (χ0n) is 11.1. The van der Waals surface area contributed by atoms with Crippen molar-refractivity contribution in [2.75, 3.05) is 26.3 Å². The lowest BCUT2D eigenvalue weighted by molar-refractivity contribution is 0.0241. The first kappa shape index (κ1) is 13.5. The van der Waals surface area contributed by atoms with Crippen molar-refractivity contribution >= 4 is 0 Å². The third-order valence-corrected chi connectivity index (χ3v) is 3.56. The predicted octanol–water partition coefficient (Wildman–Crippen LogP) is 0.143. The number of nitrogens with one attached hydrogen (secondary N) is 1. The van der Waals surface area contributed by atoms with Crippen molar-refractivity contribution in [3.63, 3.8) is 0 Å². The molecule has 0 atom stereocenters. The maximum atomic E-state index is 5.49. The first-order chi connectivity index (χ1) is 8.72. The highest BCUT2D eigenvalue weighted by molar-refractivity contribution is 4.90. The van der Waals surface area contributed by atoms with E-state index in [2.05, 4.69) is 22.6 Å². The number of rotatable bonds is 6. The van der Waals surface area contributed by atoms with Crippen molar-refractivity contribution in [2.45, 2.75) is 32.9 Å². The maximum Gasteiger partial charge on any atom is 0.0962 e. The molecule has 1 aliphatic heterocycles. The van der Waals surface area contributed by atoms with E-state index in [1.165, 1.54) is 0 Å². The normalized spacial score (nSPS) is 19.0. The van der Waals surface area contributed by atoms with Crippen molar-refractivity contribution in [1.82, 2.24) is 20.3 Å². The van der Waals surface area contributed by atoms with Gasteiger partial charge in [0.1, 0.15) is 0 Å². The molecule has 0 saturated carbocycles. The molecule has 0 spiro atoms. The van der Waals surface area contributed by atoms with E-state index in [-0.39, 0.29) is 0 Å². The Morgan fingerprint density at radius 1 is 1.50 bits per heavy atom. The van der Waals surface area contributed by atoms with E-state index in [4.69, 9.17) is 10.5 Å². The monoisotopic (exact) mass is 253 g/mol. The Labute approximate surface area is 108 Å². The van der Waals surface area contributed by atoms with Crippen LogP contribution in [-0.4, -0.2) is 41.3 Å². The van der Waals surface area contributed by atoms with Crippen LogP contribution in [0.2, 0.25) is 0 Å². The van der Waals surface area contributed by atoms with E-state index in [1.54, 1.807) is 0 Å². The molecule has 0 amide bonds. The van der Waals surface area contributed by atoms with Crippen LogP contribution in [-0.2, 0) is 17.8 Å². The van der Waals surface area contributed by atoms with Gasteiger partial charge in [0.2, 0.25) is 0 Å². The molecule has 1 aromatic heterocycles. The summed E-state index contributed by atoms with van der Waals surface area (Å²) in [6, 6.07) is 0. The lowest BCUT2D eigenvalue weighted by Crippen LogP contribution is -2.37. The summed E-state index contributed by atoms with van der Waals surface area (Å²) in [7, 11) is 0. The summed E-state index contributed by atoms with van der Waals surface area (Å²) < 4.78 is 7.23. The molecule has 0 unspecified atom stereocenters. The van der Waals surface area contributed by atoms with Crippen molar-refractivity contribution in [3.05, 3.63) is 11.9 Å². The molecule has 1 aromatic rings. The van der Waals surface area contributed by atoms with Gasteiger partial charge in [-0.1, -0.05) is 12.1 Å². The average Bonchev–Trinajstić information content (AvgIpc) is 2.84. The fraction of sp³-hybridized carbons (Fsp3) is 0.833. The Balaban J connectivity index is 1.66. The van der Waals surface area contributed by atoms with Crippen LogP contribution < -0.4 is 11.1 Å². The molecule has 6 nitrogen and oxygen atoms in total. The van der Waals surface area contributed by atoms with E-state index >= 15 is 0 Å². The van der Waals surface area contributed by atoms with Gasteiger partial charge in [0, 0.05) is 39.0 Å². The standard InChI is InChI=1S/C12H23N5O/c1-12(2-6-18-7-3-12)10-14-4-5-17-9-11(8-13)15-16-17/h9,14H,2-8,10,13H2,1H3. The van der Waals surface area contributed by atoms with Gasteiger partial charge in [-0.25, -0.2) is 0 Å². The molecule has 0 aliphatic carbocycles. The van der Waals surface area contributed by atoms with Gasteiger partial charge in [-0.2, -0.15) is 0 Å². The smallest absolute Gasteiger partial charge is 0.0962 e. The van der Waals surface area contributed by atoms with Crippen LogP contribution in [0.15, 0.2) is 6.20 Å². The summed E-state index contributed by atoms with van der Waals surface area (Å²) in [5, 5.41) is 11.5. The second-order valence-electron chi connectivity index (χ2n) is 5.28. The minimum Gasteiger partial charge on any atom is -0.381 e. The summed E-state index contributed by atoms with van der Waals surface area (Å²) in [4.78, 5) is 0. The quantitative estimate of drug-likeness (QED) is 0.705. The molecule has 3 N–H and O–H groups in total. The van der Waals surface area contributed by atoms with Crippen LogP contribution >= 0.6 is 0 Å². The first-order valence-electron chi connectivity index (χ1n) is 6.59. The predicted molar refractivity (Wildman–Crippen MR) is 68.9 cm³/mol. The summed E-state index contributed by atoms with van der Waals surface area (Å²) in [6.07, 6.45) is 4.18. The molecule has 0 radical (unpaired) electrons. The van der Waals surface area contributed by atoms with Gasteiger partial charge in [-0.3, -0.25) is 4.68 Å². The van der Waals surface area contributed by atoms with Crippen LogP contribution in [0.4, 0.5) is 0 Å². The highest BCUT2D eigenvalue weighted by atomic mass is 16.5. The molecule has 0 aromatic carbocycles. The average molecular weight is 253 g/mol. The van der Waals surface area contributed by atoms with Crippen LogP contribution in [0.1, 0.15) is 25.5 Å². The second-order valence-corrected chi connectivity index (χ2v) is 5.28. The van der Waals surface area contributed by atoms with Gasteiger partial charge in [-0.05, 0) is 18.3 Å². The van der Waals surface area contributed by atoms with E-state index in [0.717, 1.165) is 51.4 Å². The molecule has 1 saturated heterocycles. The fourth-order valence-corrected chi connectivity index (χ4v) is 2.17. The molecular formula is C12H23N5O. The molecule has 18 heavy (non-hydrogen) atoms. The minimum absolute atomic E-state index is 0.378. The highest BCUT2D eigenvalue weighted by Crippen LogP contribution is 2.28. The van der Waals surface area contributed by atoms with E-state index in [1.807, 2.05) is 10.9 Å². The van der Waals surface area contributed by atoms with E-state index in [9.17, 15) is 0 Å². The molecule has 0 bridgehead atoms. The van der Waals surface area contributed by atoms with Crippen molar-refractivity contribution < 1.29 is 4.74 Å². The topological polar surface area (TPSA) is 78.0 Å². The van der Waals surface area contributed by atoms with Gasteiger partial charge < -0.3 is 15.8 Å². The summed E-state index contributed by atoms with van der Waals surface area (Å²) in [5.41, 5.74) is 6.71. The number of hydrogen-bond acceptors (Lipinski definition) is 5. The summed E-state index contributed by atoms with van der Waals surface area (Å²) >= 11 is 0. The van der Waals surface area contributed by atoms with Gasteiger partial charge in [-0.15, -0.1) is 5.10 Å². The number of ether oxygens (including phenoxy) is 1. The van der Waals surface area contributed by atoms with E-state index in [0.29, 0.717) is 12.0 Å². The number of aromatic nitrogens is 3. The highest BCUT2D eigenvalue weighted by Gasteiger charge is 2.26. The lowest BCUT2D eigenvalue weighted by atomic mass is 9.82. The van der Waals surface area contributed by atoms with E-state index < -0.39 is 0 Å². The molecule has 6 heteroatoms. The number of nitrogens with two attached hydrogens (primary N) is 1. The molecule has 1 fully saturated rings.